The van der Waals surface area contributed by atoms with Gasteiger partial charge in [-0.2, -0.15) is 0 Å². The zero-order chi connectivity index (χ0) is 16.1. The third-order valence-corrected chi connectivity index (χ3v) is 4.17. The minimum atomic E-state index is 0. The Morgan fingerprint density at radius 3 is 2.25 bits per heavy atom. The number of nitrogens with zero attached hydrogens (tertiary/aromatic N) is 1. The Balaban J connectivity index is 0.00000264. The Bertz CT molecular complexity index is 495. The molecule has 0 amide bonds. The first-order valence-electron chi connectivity index (χ1n) is 7.96. The predicted octanol–water partition coefficient (Wildman–Crippen LogP) is 3.25. The summed E-state index contributed by atoms with van der Waals surface area (Å²) in [6.45, 7) is 8.34. The van der Waals surface area contributed by atoms with Gasteiger partial charge in [0.25, 0.3) is 0 Å². The van der Waals surface area contributed by atoms with E-state index in [1.165, 1.54) is 0 Å². The van der Waals surface area contributed by atoms with Crippen molar-refractivity contribution in [2.75, 3.05) is 40.4 Å². The van der Waals surface area contributed by atoms with Crippen LogP contribution in [0.25, 0.3) is 0 Å². The maximum atomic E-state index is 10.5. The fourth-order valence-corrected chi connectivity index (χ4v) is 3.10. The van der Waals surface area contributed by atoms with Gasteiger partial charge in [-0.05, 0) is 12.3 Å². The van der Waals surface area contributed by atoms with Gasteiger partial charge < -0.3 is 19.9 Å². The molecule has 0 aliphatic carbocycles. The van der Waals surface area contributed by atoms with E-state index in [1.54, 1.807) is 20.3 Å². The lowest BCUT2D eigenvalue weighted by Gasteiger charge is -2.37. The van der Waals surface area contributed by atoms with Crippen LogP contribution in [0, 0.1) is 5.92 Å². The highest BCUT2D eigenvalue weighted by molar-refractivity contribution is 5.85. The van der Waals surface area contributed by atoms with E-state index in [0.29, 0.717) is 17.4 Å². The number of phenols is 1. The van der Waals surface area contributed by atoms with E-state index in [-0.39, 0.29) is 36.6 Å². The third kappa shape index (κ3) is 5.59. The first-order valence-corrected chi connectivity index (χ1v) is 7.96. The second kappa shape index (κ2) is 10.9. The fourth-order valence-electron chi connectivity index (χ4n) is 3.10. The minimum absolute atomic E-state index is 0. The topological polar surface area (TPSA) is 54.0 Å². The maximum Gasteiger partial charge on any atom is 0.131 e. The van der Waals surface area contributed by atoms with Crippen molar-refractivity contribution in [1.82, 2.24) is 10.2 Å². The molecule has 2 N–H and O–H groups in total. The van der Waals surface area contributed by atoms with E-state index in [0.717, 1.165) is 38.2 Å². The van der Waals surface area contributed by atoms with E-state index >= 15 is 0 Å². The van der Waals surface area contributed by atoms with Gasteiger partial charge >= 0.3 is 0 Å². The summed E-state index contributed by atoms with van der Waals surface area (Å²) < 4.78 is 10.8. The van der Waals surface area contributed by atoms with Crippen molar-refractivity contribution >= 4 is 24.8 Å². The van der Waals surface area contributed by atoms with Crippen molar-refractivity contribution in [1.29, 1.82) is 0 Å². The van der Waals surface area contributed by atoms with E-state index in [4.69, 9.17) is 9.47 Å². The molecule has 1 aromatic carbocycles. The number of halogens is 2. The number of hydrogen-bond acceptors (Lipinski definition) is 5. The summed E-state index contributed by atoms with van der Waals surface area (Å²) in [6.07, 6.45) is 0.982. The van der Waals surface area contributed by atoms with Crippen LogP contribution in [0.5, 0.6) is 17.2 Å². The van der Waals surface area contributed by atoms with Crippen molar-refractivity contribution in [3.05, 3.63) is 17.7 Å². The fraction of sp³-hybridized carbons (Fsp3) is 0.647. The Kier molecular flexibility index (Phi) is 10.5. The van der Waals surface area contributed by atoms with Gasteiger partial charge in [0, 0.05) is 44.4 Å². The number of methoxy groups -OCH3 is 2. The van der Waals surface area contributed by atoms with Gasteiger partial charge in [0.05, 0.1) is 19.8 Å². The first kappa shape index (κ1) is 23.1. The van der Waals surface area contributed by atoms with Gasteiger partial charge in [0.15, 0.2) is 0 Å². The van der Waals surface area contributed by atoms with E-state index in [9.17, 15) is 5.11 Å². The summed E-state index contributed by atoms with van der Waals surface area (Å²) in [5, 5.41) is 13.9. The summed E-state index contributed by atoms with van der Waals surface area (Å²) in [4.78, 5) is 2.43. The summed E-state index contributed by atoms with van der Waals surface area (Å²) >= 11 is 0. The van der Waals surface area contributed by atoms with Crippen molar-refractivity contribution < 1.29 is 14.6 Å². The molecular formula is C17H30Cl2N2O3. The average Bonchev–Trinajstić information content (AvgIpc) is 2.52. The third-order valence-electron chi connectivity index (χ3n) is 4.17. The maximum absolute atomic E-state index is 10.5. The van der Waals surface area contributed by atoms with Crippen LogP contribution in [0.15, 0.2) is 12.1 Å². The highest BCUT2D eigenvalue weighted by atomic mass is 35.5. The Morgan fingerprint density at radius 2 is 1.75 bits per heavy atom. The second-order valence-electron chi connectivity index (χ2n) is 6.19. The molecule has 0 aromatic heterocycles. The van der Waals surface area contributed by atoms with E-state index in [1.807, 2.05) is 6.07 Å². The molecule has 1 heterocycles. The lowest BCUT2D eigenvalue weighted by Crippen LogP contribution is -2.45. The van der Waals surface area contributed by atoms with Crippen LogP contribution in [-0.2, 0) is 0 Å². The van der Waals surface area contributed by atoms with Crippen LogP contribution >= 0.6 is 24.8 Å². The van der Waals surface area contributed by atoms with Crippen LogP contribution < -0.4 is 14.8 Å². The summed E-state index contributed by atoms with van der Waals surface area (Å²) in [6, 6.07) is 3.68. The van der Waals surface area contributed by atoms with Crippen molar-refractivity contribution in [3.8, 4) is 17.2 Å². The Hall–Kier alpha value is -0.880. The molecule has 140 valence electrons. The number of benzene rings is 1. The smallest absolute Gasteiger partial charge is 0.131 e. The minimum Gasteiger partial charge on any atom is -0.507 e. The molecule has 5 nitrogen and oxygen atoms in total. The first-order chi connectivity index (χ1) is 10.6. The summed E-state index contributed by atoms with van der Waals surface area (Å²) in [5.41, 5.74) is 0.874. The molecule has 1 aliphatic rings. The molecule has 1 aromatic rings. The molecule has 0 bridgehead atoms. The van der Waals surface area contributed by atoms with Gasteiger partial charge in [0.1, 0.15) is 17.2 Å². The highest BCUT2D eigenvalue weighted by Gasteiger charge is 2.28. The zero-order valence-electron chi connectivity index (χ0n) is 14.9. The molecule has 0 spiro atoms. The molecular weight excluding hydrogens is 351 g/mol. The molecule has 0 unspecified atom stereocenters. The largest absolute Gasteiger partial charge is 0.507 e. The molecule has 2 rings (SSSR count). The van der Waals surface area contributed by atoms with Crippen molar-refractivity contribution in [3.63, 3.8) is 0 Å². The van der Waals surface area contributed by atoms with Crippen molar-refractivity contribution in [2.45, 2.75) is 26.3 Å². The predicted molar refractivity (Wildman–Crippen MR) is 102 cm³/mol. The van der Waals surface area contributed by atoms with Crippen LogP contribution in [0.4, 0.5) is 0 Å². The van der Waals surface area contributed by atoms with Crippen LogP contribution in [0.1, 0.15) is 31.9 Å². The summed E-state index contributed by atoms with van der Waals surface area (Å²) in [5.74, 6) is 2.09. The van der Waals surface area contributed by atoms with E-state index in [2.05, 4.69) is 24.1 Å². The van der Waals surface area contributed by atoms with Crippen molar-refractivity contribution in [2.24, 2.45) is 5.92 Å². The number of ether oxygens (including phenoxy) is 2. The number of nitrogens with one attached hydrogen (secondary N) is 1. The number of hydrogen-bond donors (Lipinski definition) is 2. The van der Waals surface area contributed by atoms with E-state index < -0.39 is 0 Å². The van der Waals surface area contributed by atoms with Gasteiger partial charge in [-0.15, -0.1) is 24.8 Å². The lowest BCUT2D eigenvalue weighted by atomic mass is 9.93. The highest BCUT2D eigenvalue weighted by Crippen LogP contribution is 2.42. The SMILES string of the molecule is COc1cc(O)c([C@@H](CC(C)C)N2CCNCC2)c(OC)c1.Cl.Cl. The quantitative estimate of drug-likeness (QED) is 0.792. The van der Waals surface area contributed by atoms with Gasteiger partial charge in [-0.1, -0.05) is 13.8 Å². The molecule has 1 atom stereocenters. The molecule has 24 heavy (non-hydrogen) atoms. The number of piperazine rings is 1. The molecule has 0 radical (unpaired) electrons. The number of aromatic hydroxyl groups is 1. The second-order valence-corrected chi connectivity index (χ2v) is 6.19. The molecule has 1 fully saturated rings. The lowest BCUT2D eigenvalue weighted by molar-refractivity contribution is 0.148. The molecule has 1 aliphatic heterocycles. The van der Waals surface area contributed by atoms with Crippen LogP contribution in [-0.4, -0.2) is 50.4 Å². The Morgan fingerprint density at radius 1 is 1.12 bits per heavy atom. The van der Waals surface area contributed by atoms with Crippen LogP contribution in [0.2, 0.25) is 0 Å². The number of rotatable bonds is 6. The average molecular weight is 381 g/mol. The standard InChI is InChI=1S/C17H28N2O3.2ClH/c1-12(2)9-14(19-7-5-18-6-8-19)17-15(20)10-13(21-3)11-16(17)22-4;;/h10-12,14,18,20H,5-9H2,1-4H3;2*1H/t14-;;/m1../s1. The normalized spacial score (nSPS) is 16.0. The zero-order valence-corrected chi connectivity index (χ0v) is 16.5. The number of phenolic OH excluding ortho intramolecular Hbond substituents is 1. The molecule has 1 saturated heterocycles. The summed E-state index contributed by atoms with van der Waals surface area (Å²) in [7, 11) is 3.23. The molecule has 7 heteroatoms. The van der Waals surface area contributed by atoms with Crippen LogP contribution in [0.3, 0.4) is 0 Å². The van der Waals surface area contributed by atoms with Gasteiger partial charge in [-0.3, -0.25) is 4.90 Å². The van der Waals surface area contributed by atoms with Gasteiger partial charge in [-0.25, -0.2) is 0 Å². The van der Waals surface area contributed by atoms with Gasteiger partial charge in [0.2, 0.25) is 0 Å². The molecule has 0 saturated carbocycles. The Labute approximate surface area is 157 Å². The monoisotopic (exact) mass is 380 g/mol.